The van der Waals surface area contributed by atoms with E-state index in [0.29, 0.717) is 12.5 Å². The molecule has 1 aromatic heterocycles. The number of piperazine rings is 1. The fourth-order valence-electron chi connectivity index (χ4n) is 4.36. The number of likely N-dealkylation sites (tertiary alicyclic amines) is 1. The van der Waals surface area contributed by atoms with Crippen molar-refractivity contribution in [1.82, 2.24) is 24.6 Å². The van der Waals surface area contributed by atoms with Gasteiger partial charge in [-0.1, -0.05) is 18.2 Å². The zero-order valence-electron chi connectivity index (χ0n) is 16.5. The van der Waals surface area contributed by atoms with Gasteiger partial charge in [0.2, 0.25) is 5.91 Å². The van der Waals surface area contributed by atoms with Gasteiger partial charge in [0.15, 0.2) is 0 Å². The third-order valence-electron chi connectivity index (χ3n) is 5.95. The van der Waals surface area contributed by atoms with Gasteiger partial charge in [-0.2, -0.15) is 5.10 Å². The predicted molar refractivity (Wildman–Crippen MR) is 109 cm³/mol. The highest BCUT2D eigenvalue weighted by Crippen LogP contribution is 2.21. The number of benzene rings is 1. The number of nitrogens with zero attached hydrogens (tertiary/aromatic N) is 6. The van der Waals surface area contributed by atoms with Crippen LogP contribution in [0.1, 0.15) is 25.7 Å². The van der Waals surface area contributed by atoms with Crippen molar-refractivity contribution in [2.75, 3.05) is 44.2 Å². The quantitative estimate of drug-likeness (QED) is 0.763. The Morgan fingerprint density at radius 2 is 1.89 bits per heavy atom. The molecule has 0 radical (unpaired) electrons. The van der Waals surface area contributed by atoms with E-state index in [9.17, 15) is 4.79 Å². The second-order valence-corrected chi connectivity index (χ2v) is 7.76. The van der Waals surface area contributed by atoms with E-state index < -0.39 is 0 Å². The van der Waals surface area contributed by atoms with E-state index in [0.717, 1.165) is 58.7 Å². The van der Waals surface area contributed by atoms with Crippen LogP contribution in [0.3, 0.4) is 0 Å². The number of rotatable bonds is 6. The van der Waals surface area contributed by atoms with Crippen LogP contribution in [0.15, 0.2) is 43.0 Å². The number of amides is 1. The highest BCUT2D eigenvalue weighted by Gasteiger charge is 2.29. The molecule has 1 atom stereocenters. The summed E-state index contributed by atoms with van der Waals surface area (Å²) in [6.45, 7) is 6.82. The summed E-state index contributed by atoms with van der Waals surface area (Å²) in [6.07, 6.45) is 6.96. The zero-order valence-corrected chi connectivity index (χ0v) is 16.5. The van der Waals surface area contributed by atoms with E-state index in [4.69, 9.17) is 0 Å². The summed E-state index contributed by atoms with van der Waals surface area (Å²) < 4.78 is 1.79. The predicted octanol–water partition coefficient (Wildman–Crippen LogP) is 1.87. The smallest absolute Gasteiger partial charge is 0.222 e. The third kappa shape index (κ3) is 4.70. The van der Waals surface area contributed by atoms with E-state index in [1.165, 1.54) is 18.4 Å². The fraction of sp³-hybridized carbons (Fsp3) is 0.571. The van der Waals surface area contributed by atoms with E-state index in [2.05, 4.69) is 55.1 Å². The van der Waals surface area contributed by atoms with Crippen molar-refractivity contribution < 1.29 is 4.79 Å². The molecule has 0 bridgehead atoms. The Morgan fingerprint density at radius 1 is 1.07 bits per heavy atom. The van der Waals surface area contributed by atoms with Crippen molar-refractivity contribution in [2.45, 2.75) is 38.3 Å². The van der Waals surface area contributed by atoms with Gasteiger partial charge in [-0.15, -0.1) is 0 Å². The monoisotopic (exact) mass is 382 g/mol. The third-order valence-corrected chi connectivity index (χ3v) is 5.95. The van der Waals surface area contributed by atoms with Crippen molar-refractivity contribution in [3.63, 3.8) is 0 Å². The molecule has 2 aromatic rings. The normalized spacial score (nSPS) is 21.1. The molecule has 7 heteroatoms. The van der Waals surface area contributed by atoms with Gasteiger partial charge in [0, 0.05) is 64.0 Å². The minimum absolute atomic E-state index is 0.285. The number of anilines is 1. The molecular weight excluding hydrogens is 352 g/mol. The first-order valence-electron chi connectivity index (χ1n) is 10.4. The molecule has 2 fully saturated rings. The minimum atomic E-state index is 0.285. The van der Waals surface area contributed by atoms with Crippen LogP contribution in [0, 0.1) is 0 Å². The summed E-state index contributed by atoms with van der Waals surface area (Å²) in [4.78, 5) is 23.7. The molecule has 3 heterocycles. The summed E-state index contributed by atoms with van der Waals surface area (Å²) in [6, 6.07) is 11.2. The van der Waals surface area contributed by atoms with Gasteiger partial charge in [0.1, 0.15) is 12.7 Å². The summed E-state index contributed by atoms with van der Waals surface area (Å²) in [7, 11) is 0. The largest absolute Gasteiger partial charge is 0.369 e. The SMILES string of the molecule is O=C(CCCn1cncn1)N1CCC[C@@H](N2CCN(c3ccccc3)CC2)C1. The van der Waals surface area contributed by atoms with Crippen molar-refractivity contribution >= 4 is 11.6 Å². The molecular formula is C21H30N6O. The Hall–Kier alpha value is -2.41. The van der Waals surface area contributed by atoms with Gasteiger partial charge >= 0.3 is 0 Å². The van der Waals surface area contributed by atoms with Crippen LogP contribution in [-0.4, -0.2) is 75.8 Å². The summed E-state index contributed by atoms with van der Waals surface area (Å²) in [5.41, 5.74) is 1.31. The van der Waals surface area contributed by atoms with E-state index in [1.54, 1.807) is 11.0 Å². The van der Waals surface area contributed by atoms with Crippen molar-refractivity contribution in [3.05, 3.63) is 43.0 Å². The first-order chi connectivity index (χ1) is 13.8. The maximum atomic E-state index is 12.6. The number of para-hydroxylation sites is 1. The van der Waals surface area contributed by atoms with Crippen molar-refractivity contribution in [3.8, 4) is 0 Å². The molecule has 1 amide bonds. The van der Waals surface area contributed by atoms with Gasteiger partial charge in [0.05, 0.1) is 0 Å². The number of aromatic nitrogens is 3. The molecule has 0 saturated carbocycles. The Bertz CT molecular complexity index is 727. The lowest BCUT2D eigenvalue weighted by atomic mass is 10.0. The maximum Gasteiger partial charge on any atom is 0.222 e. The molecule has 0 spiro atoms. The number of carbonyl (C=O) groups is 1. The average molecular weight is 383 g/mol. The van der Waals surface area contributed by atoms with Crippen LogP contribution in [0.2, 0.25) is 0 Å². The van der Waals surface area contributed by atoms with Crippen LogP contribution in [0.5, 0.6) is 0 Å². The number of carbonyl (C=O) groups excluding carboxylic acids is 1. The highest BCUT2D eigenvalue weighted by molar-refractivity contribution is 5.76. The van der Waals surface area contributed by atoms with Crippen LogP contribution in [-0.2, 0) is 11.3 Å². The van der Waals surface area contributed by atoms with Gasteiger partial charge in [-0.3, -0.25) is 14.4 Å². The van der Waals surface area contributed by atoms with Gasteiger partial charge < -0.3 is 9.80 Å². The van der Waals surface area contributed by atoms with Crippen LogP contribution >= 0.6 is 0 Å². The molecule has 2 saturated heterocycles. The Morgan fingerprint density at radius 3 is 2.64 bits per heavy atom. The molecule has 0 N–H and O–H groups in total. The summed E-state index contributed by atoms with van der Waals surface area (Å²) in [5, 5.41) is 4.10. The number of hydrogen-bond donors (Lipinski definition) is 0. The second kappa shape index (κ2) is 9.19. The molecule has 150 valence electrons. The molecule has 2 aliphatic heterocycles. The maximum absolute atomic E-state index is 12.6. The van der Waals surface area contributed by atoms with E-state index in [1.807, 2.05) is 0 Å². The van der Waals surface area contributed by atoms with Gasteiger partial charge in [-0.25, -0.2) is 4.98 Å². The number of aryl methyl sites for hydroxylation is 1. The van der Waals surface area contributed by atoms with Gasteiger partial charge in [0.25, 0.3) is 0 Å². The van der Waals surface area contributed by atoms with Crippen LogP contribution in [0.25, 0.3) is 0 Å². The number of piperidine rings is 1. The Labute approximate surface area is 166 Å². The van der Waals surface area contributed by atoms with Crippen molar-refractivity contribution in [2.24, 2.45) is 0 Å². The summed E-state index contributed by atoms with van der Waals surface area (Å²) >= 11 is 0. The lowest BCUT2D eigenvalue weighted by Crippen LogP contribution is -2.55. The molecule has 28 heavy (non-hydrogen) atoms. The van der Waals surface area contributed by atoms with Crippen LogP contribution in [0.4, 0.5) is 5.69 Å². The van der Waals surface area contributed by atoms with Crippen molar-refractivity contribution in [1.29, 1.82) is 0 Å². The topological polar surface area (TPSA) is 57.5 Å². The van der Waals surface area contributed by atoms with E-state index in [-0.39, 0.29) is 5.91 Å². The molecule has 2 aliphatic rings. The molecule has 1 aromatic carbocycles. The molecule has 0 aliphatic carbocycles. The zero-order chi connectivity index (χ0) is 19.2. The molecule has 0 unspecified atom stereocenters. The van der Waals surface area contributed by atoms with Crippen LogP contribution < -0.4 is 4.90 Å². The first-order valence-corrected chi connectivity index (χ1v) is 10.4. The average Bonchev–Trinajstić information content (AvgIpc) is 3.28. The molecule has 4 rings (SSSR count). The minimum Gasteiger partial charge on any atom is -0.369 e. The lowest BCUT2D eigenvalue weighted by molar-refractivity contribution is -0.133. The number of hydrogen-bond acceptors (Lipinski definition) is 5. The summed E-state index contributed by atoms with van der Waals surface area (Å²) in [5.74, 6) is 0.285. The van der Waals surface area contributed by atoms with E-state index >= 15 is 0 Å². The Kier molecular flexibility index (Phi) is 6.21. The second-order valence-electron chi connectivity index (χ2n) is 7.76. The first kappa shape index (κ1) is 18.9. The Balaban J connectivity index is 1.23. The van der Waals surface area contributed by atoms with Gasteiger partial charge in [-0.05, 0) is 31.4 Å². The lowest BCUT2D eigenvalue weighted by Gasteiger charge is -2.44. The highest BCUT2D eigenvalue weighted by atomic mass is 16.2. The standard InChI is InChI=1S/C21H30N6O/c28-21(9-5-11-27-18-22-17-23-27)26-10-4-8-20(16-26)25-14-12-24(13-15-25)19-6-2-1-3-7-19/h1-3,6-7,17-18,20H,4-5,8-16H2/t20-/m1/s1. The fourth-order valence-corrected chi connectivity index (χ4v) is 4.36. The molecule has 7 nitrogen and oxygen atoms in total.